The molecule has 1 aromatic rings. The van der Waals surface area contributed by atoms with Gasteiger partial charge in [0, 0.05) is 25.7 Å². The minimum atomic E-state index is -3.35. The van der Waals surface area contributed by atoms with Gasteiger partial charge in [0.25, 0.3) is 0 Å². The van der Waals surface area contributed by atoms with Crippen molar-refractivity contribution < 1.29 is 13.2 Å². The maximum absolute atomic E-state index is 12.1. The summed E-state index contributed by atoms with van der Waals surface area (Å²) >= 11 is 0. The van der Waals surface area contributed by atoms with E-state index in [1.54, 1.807) is 14.0 Å². The Morgan fingerprint density at radius 2 is 1.86 bits per heavy atom. The van der Waals surface area contributed by atoms with Crippen LogP contribution in [0.2, 0.25) is 0 Å². The SMILES string of the molecule is COCC(C)NS(=O)(=O)Cc1cccc(CNC(C)C)c1. The molecule has 0 aliphatic rings. The van der Waals surface area contributed by atoms with Crippen LogP contribution in [-0.4, -0.2) is 34.2 Å². The topological polar surface area (TPSA) is 67.4 Å². The zero-order chi connectivity index (χ0) is 15.9. The highest BCUT2D eigenvalue weighted by Crippen LogP contribution is 2.09. The van der Waals surface area contributed by atoms with Gasteiger partial charge in [-0.1, -0.05) is 38.1 Å². The van der Waals surface area contributed by atoms with Crippen LogP contribution in [0.15, 0.2) is 24.3 Å². The molecule has 0 radical (unpaired) electrons. The molecule has 2 N–H and O–H groups in total. The number of hydrogen-bond donors (Lipinski definition) is 2. The summed E-state index contributed by atoms with van der Waals surface area (Å²) in [6, 6.07) is 7.81. The molecule has 0 heterocycles. The summed E-state index contributed by atoms with van der Waals surface area (Å²) in [6.07, 6.45) is 0. The number of methoxy groups -OCH3 is 1. The van der Waals surface area contributed by atoms with E-state index >= 15 is 0 Å². The fraction of sp³-hybridized carbons (Fsp3) is 0.600. The molecule has 0 spiro atoms. The first-order valence-corrected chi connectivity index (χ1v) is 8.77. The standard InChI is InChI=1S/C15H26N2O3S/c1-12(2)16-9-14-6-5-7-15(8-14)11-21(18,19)17-13(3)10-20-4/h5-8,12-13,16-17H,9-11H2,1-4H3. The Morgan fingerprint density at radius 1 is 1.19 bits per heavy atom. The van der Waals surface area contributed by atoms with Crippen molar-refractivity contribution in [2.24, 2.45) is 0 Å². The van der Waals surface area contributed by atoms with Crippen molar-refractivity contribution in [3.05, 3.63) is 35.4 Å². The van der Waals surface area contributed by atoms with E-state index in [0.29, 0.717) is 12.6 Å². The Balaban J connectivity index is 2.67. The third-order valence-corrected chi connectivity index (χ3v) is 4.33. The molecule has 0 amide bonds. The highest BCUT2D eigenvalue weighted by Gasteiger charge is 2.15. The van der Waals surface area contributed by atoms with Crippen molar-refractivity contribution in [3.8, 4) is 0 Å². The Morgan fingerprint density at radius 3 is 2.48 bits per heavy atom. The van der Waals surface area contributed by atoms with Crippen LogP contribution in [0.3, 0.4) is 0 Å². The van der Waals surface area contributed by atoms with Gasteiger partial charge in [0.1, 0.15) is 0 Å². The molecule has 0 bridgehead atoms. The minimum Gasteiger partial charge on any atom is -0.383 e. The van der Waals surface area contributed by atoms with Crippen LogP contribution in [0.25, 0.3) is 0 Å². The molecule has 1 atom stereocenters. The van der Waals surface area contributed by atoms with E-state index < -0.39 is 10.0 Å². The molecule has 1 rings (SSSR count). The van der Waals surface area contributed by atoms with E-state index in [-0.39, 0.29) is 11.8 Å². The third-order valence-electron chi connectivity index (χ3n) is 2.86. The Kier molecular flexibility index (Phi) is 7.31. The van der Waals surface area contributed by atoms with Gasteiger partial charge in [-0.25, -0.2) is 13.1 Å². The van der Waals surface area contributed by atoms with Crippen LogP contribution < -0.4 is 10.0 Å². The van der Waals surface area contributed by atoms with Crippen LogP contribution >= 0.6 is 0 Å². The normalized spacial score (nSPS) is 13.6. The van der Waals surface area contributed by atoms with Crippen molar-refractivity contribution >= 4 is 10.0 Å². The summed E-state index contributed by atoms with van der Waals surface area (Å²) < 4.78 is 31.7. The number of benzene rings is 1. The second-order valence-corrected chi connectivity index (χ2v) is 7.34. The van der Waals surface area contributed by atoms with E-state index in [4.69, 9.17) is 4.74 Å². The molecule has 0 aliphatic heterocycles. The van der Waals surface area contributed by atoms with Crippen LogP contribution in [0.1, 0.15) is 31.9 Å². The van der Waals surface area contributed by atoms with E-state index in [1.165, 1.54) is 0 Å². The second-order valence-electron chi connectivity index (χ2n) is 5.59. The first-order chi connectivity index (χ1) is 9.82. The highest BCUT2D eigenvalue weighted by atomic mass is 32.2. The van der Waals surface area contributed by atoms with Crippen LogP contribution in [0, 0.1) is 0 Å². The van der Waals surface area contributed by atoms with E-state index in [1.807, 2.05) is 24.3 Å². The average Bonchev–Trinajstić information content (AvgIpc) is 2.35. The lowest BCUT2D eigenvalue weighted by Crippen LogP contribution is -2.36. The molecule has 0 saturated heterocycles. The maximum Gasteiger partial charge on any atom is 0.216 e. The molecule has 120 valence electrons. The Hall–Kier alpha value is -0.950. The van der Waals surface area contributed by atoms with Crippen molar-refractivity contribution in [1.29, 1.82) is 0 Å². The smallest absolute Gasteiger partial charge is 0.216 e. The van der Waals surface area contributed by atoms with Gasteiger partial charge in [-0.2, -0.15) is 0 Å². The lowest BCUT2D eigenvalue weighted by molar-refractivity contribution is 0.180. The minimum absolute atomic E-state index is 0.0173. The first kappa shape index (κ1) is 18.1. The quantitative estimate of drug-likeness (QED) is 0.727. The monoisotopic (exact) mass is 314 g/mol. The van der Waals surface area contributed by atoms with Gasteiger partial charge < -0.3 is 10.1 Å². The highest BCUT2D eigenvalue weighted by molar-refractivity contribution is 7.88. The summed E-state index contributed by atoms with van der Waals surface area (Å²) in [4.78, 5) is 0. The van der Waals surface area contributed by atoms with Crippen LogP contribution in [-0.2, 0) is 27.1 Å². The summed E-state index contributed by atoms with van der Waals surface area (Å²) in [6.45, 7) is 7.03. The number of sulfonamides is 1. The average molecular weight is 314 g/mol. The molecular formula is C15H26N2O3S. The zero-order valence-corrected chi connectivity index (χ0v) is 14.0. The number of rotatable bonds is 9. The van der Waals surface area contributed by atoms with Gasteiger partial charge in [-0.3, -0.25) is 0 Å². The Bertz CT molecular complexity index is 529. The molecule has 0 aromatic heterocycles. The fourth-order valence-electron chi connectivity index (χ4n) is 2.00. The predicted molar refractivity (Wildman–Crippen MR) is 85.5 cm³/mol. The van der Waals surface area contributed by atoms with Crippen molar-refractivity contribution in [3.63, 3.8) is 0 Å². The first-order valence-electron chi connectivity index (χ1n) is 7.12. The number of hydrogen-bond acceptors (Lipinski definition) is 4. The van der Waals surface area contributed by atoms with Gasteiger partial charge in [0.05, 0.1) is 12.4 Å². The van der Waals surface area contributed by atoms with Gasteiger partial charge in [0.15, 0.2) is 0 Å². The van der Waals surface area contributed by atoms with Gasteiger partial charge in [-0.15, -0.1) is 0 Å². The van der Waals surface area contributed by atoms with Crippen LogP contribution in [0.5, 0.6) is 0 Å². The number of nitrogens with one attached hydrogen (secondary N) is 2. The lowest BCUT2D eigenvalue weighted by atomic mass is 10.1. The molecule has 21 heavy (non-hydrogen) atoms. The molecule has 0 saturated carbocycles. The summed E-state index contributed by atoms with van der Waals surface area (Å²) in [5, 5.41) is 3.32. The fourth-order valence-corrected chi connectivity index (χ4v) is 3.39. The molecule has 6 heteroatoms. The van der Waals surface area contributed by atoms with E-state index in [0.717, 1.165) is 17.7 Å². The van der Waals surface area contributed by atoms with Crippen molar-refractivity contribution in [1.82, 2.24) is 10.0 Å². The molecule has 0 aliphatic carbocycles. The van der Waals surface area contributed by atoms with Gasteiger partial charge in [0.2, 0.25) is 10.0 Å². The zero-order valence-electron chi connectivity index (χ0n) is 13.2. The summed E-state index contributed by atoms with van der Waals surface area (Å²) in [5.74, 6) is -0.0173. The number of ether oxygens (including phenoxy) is 1. The summed E-state index contributed by atoms with van der Waals surface area (Å²) in [7, 11) is -1.80. The van der Waals surface area contributed by atoms with Crippen molar-refractivity contribution in [2.45, 2.75) is 45.2 Å². The van der Waals surface area contributed by atoms with Crippen molar-refractivity contribution in [2.75, 3.05) is 13.7 Å². The third kappa shape index (κ3) is 7.57. The Labute approximate surface area is 128 Å². The molecule has 0 fully saturated rings. The maximum atomic E-state index is 12.1. The molecule has 5 nitrogen and oxygen atoms in total. The second kappa shape index (κ2) is 8.48. The summed E-state index contributed by atoms with van der Waals surface area (Å²) in [5.41, 5.74) is 1.87. The molecule has 1 unspecified atom stereocenters. The molecular weight excluding hydrogens is 288 g/mol. The predicted octanol–water partition coefficient (Wildman–Crippen LogP) is 1.64. The van der Waals surface area contributed by atoms with Gasteiger partial charge >= 0.3 is 0 Å². The largest absolute Gasteiger partial charge is 0.383 e. The van der Waals surface area contributed by atoms with E-state index in [2.05, 4.69) is 23.9 Å². The van der Waals surface area contributed by atoms with E-state index in [9.17, 15) is 8.42 Å². The lowest BCUT2D eigenvalue weighted by Gasteiger charge is -2.14. The van der Waals surface area contributed by atoms with Gasteiger partial charge in [-0.05, 0) is 18.1 Å². The van der Waals surface area contributed by atoms with Crippen LogP contribution in [0.4, 0.5) is 0 Å². The molecule has 1 aromatic carbocycles.